The van der Waals surface area contributed by atoms with Crippen molar-refractivity contribution in [1.82, 2.24) is 0 Å². The average Bonchev–Trinajstić information content (AvgIpc) is 3.02. The van der Waals surface area contributed by atoms with E-state index in [1.165, 1.54) is 143 Å². The Hall–Kier alpha value is -2.22. The Bertz CT molecular complexity index is 1120. The molecule has 3 aromatic rings. The molecule has 2 nitrogen and oxygen atoms in total. The minimum Gasteiger partial charge on any atom is -0.492 e. The zero-order valence-electron chi connectivity index (χ0n) is 27.6. The molecular formula is C40H62O2. The fourth-order valence-corrected chi connectivity index (χ4v) is 6.20. The molecule has 0 N–H and O–H groups in total. The molecule has 0 aliphatic heterocycles. The Kier molecular flexibility index (Phi) is 17.5. The molecule has 0 amide bonds. The summed E-state index contributed by atoms with van der Waals surface area (Å²) < 4.78 is 13.2. The quantitative estimate of drug-likeness (QED) is 0.0740. The van der Waals surface area contributed by atoms with Gasteiger partial charge in [0.25, 0.3) is 0 Å². The normalized spacial score (nSPS) is 11.5. The zero-order chi connectivity index (χ0) is 29.7. The summed E-state index contributed by atoms with van der Waals surface area (Å²) in [5.41, 5.74) is 1.35. The van der Waals surface area contributed by atoms with E-state index in [4.69, 9.17) is 9.47 Å². The van der Waals surface area contributed by atoms with Crippen LogP contribution < -0.4 is 9.47 Å². The van der Waals surface area contributed by atoms with Gasteiger partial charge >= 0.3 is 0 Å². The van der Waals surface area contributed by atoms with Crippen molar-refractivity contribution >= 4 is 21.5 Å². The number of hydrogen-bond donors (Lipinski definition) is 0. The topological polar surface area (TPSA) is 18.5 Å². The SMILES string of the molecule is CCCCCCCCCCCCOc1c2ccccc2c(OCCCCCCCCCCCC)c2cc(CC)ccc12. The summed E-state index contributed by atoms with van der Waals surface area (Å²) in [5, 5.41) is 4.76. The predicted octanol–water partition coefficient (Wildman–Crippen LogP) is 13.2. The van der Waals surface area contributed by atoms with E-state index in [0.29, 0.717) is 0 Å². The molecule has 0 spiro atoms. The maximum absolute atomic E-state index is 6.61. The van der Waals surface area contributed by atoms with Gasteiger partial charge in [-0.25, -0.2) is 0 Å². The van der Waals surface area contributed by atoms with Gasteiger partial charge < -0.3 is 9.47 Å². The molecule has 2 heteroatoms. The Balaban J connectivity index is 1.55. The van der Waals surface area contributed by atoms with Crippen molar-refractivity contribution in [2.24, 2.45) is 0 Å². The Labute approximate surface area is 259 Å². The largest absolute Gasteiger partial charge is 0.492 e. The van der Waals surface area contributed by atoms with Crippen LogP contribution in [0.15, 0.2) is 42.5 Å². The van der Waals surface area contributed by atoms with Crippen LogP contribution >= 0.6 is 0 Å². The Morgan fingerprint density at radius 3 is 1.21 bits per heavy atom. The summed E-state index contributed by atoms with van der Waals surface area (Å²) in [7, 11) is 0. The van der Waals surface area contributed by atoms with E-state index in [1.54, 1.807) is 0 Å². The Morgan fingerprint density at radius 1 is 0.405 bits per heavy atom. The summed E-state index contributed by atoms with van der Waals surface area (Å²) in [5.74, 6) is 2.07. The monoisotopic (exact) mass is 574 g/mol. The smallest absolute Gasteiger partial charge is 0.135 e. The molecule has 0 bridgehead atoms. The van der Waals surface area contributed by atoms with E-state index in [9.17, 15) is 0 Å². The van der Waals surface area contributed by atoms with Crippen molar-refractivity contribution in [2.45, 2.75) is 156 Å². The highest BCUT2D eigenvalue weighted by molar-refractivity contribution is 6.11. The van der Waals surface area contributed by atoms with E-state index in [2.05, 4.69) is 63.2 Å². The van der Waals surface area contributed by atoms with Gasteiger partial charge in [0.05, 0.1) is 13.2 Å². The first-order chi connectivity index (χ1) is 20.8. The van der Waals surface area contributed by atoms with Crippen LogP contribution in [0.3, 0.4) is 0 Å². The van der Waals surface area contributed by atoms with Crippen molar-refractivity contribution in [1.29, 1.82) is 0 Å². The number of rotatable bonds is 25. The third kappa shape index (κ3) is 11.8. The standard InChI is InChI=1S/C40H62O2/c1-4-7-9-11-13-15-17-19-21-25-31-41-39-35-27-23-24-28-36(35)40(38-33-34(6-3)29-30-37(38)39)42-32-26-22-20-18-16-14-12-10-8-5-2/h23-24,27-30,33H,4-22,25-26,31-32H2,1-3H3. The van der Waals surface area contributed by atoms with Gasteiger partial charge in [-0.3, -0.25) is 0 Å². The maximum Gasteiger partial charge on any atom is 0.135 e. The summed E-state index contributed by atoms with van der Waals surface area (Å²) >= 11 is 0. The first-order valence-corrected chi connectivity index (χ1v) is 18.0. The number of ether oxygens (including phenoxy) is 2. The van der Waals surface area contributed by atoms with Crippen LogP contribution in [0.4, 0.5) is 0 Å². The first kappa shape index (κ1) is 34.3. The van der Waals surface area contributed by atoms with Gasteiger partial charge in [-0.1, -0.05) is 173 Å². The number of hydrogen-bond acceptors (Lipinski definition) is 2. The van der Waals surface area contributed by atoms with Gasteiger partial charge in [0.15, 0.2) is 0 Å². The van der Waals surface area contributed by atoms with E-state index in [0.717, 1.165) is 44.0 Å². The van der Waals surface area contributed by atoms with Gasteiger partial charge in [-0.2, -0.15) is 0 Å². The third-order valence-corrected chi connectivity index (χ3v) is 8.89. The van der Waals surface area contributed by atoms with Crippen LogP contribution in [0.1, 0.15) is 155 Å². The van der Waals surface area contributed by atoms with Crippen molar-refractivity contribution in [3.05, 3.63) is 48.0 Å². The lowest BCUT2D eigenvalue weighted by Crippen LogP contribution is -2.03. The molecule has 0 aliphatic carbocycles. The summed E-state index contributed by atoms with van der Waals surface area (Å²) in [4.78, 5) is 0. The van der Waals surface area contributed by atoms with Crippen LogP contribution in [0.25, 0.3) is 21.5 Å². The second-order valence-electron chi connectivity index (χ2n) is 12.5. The van der Waals surface area contributed by atoms with Gasteiger partial charge in [-0.15, -0.1) is 0 Å². The molecule has 0 saturated carbocycles. The van der Waals surface area contributed by atoms with Crippen molar-refractivity contribution < 1.29 is 9.47 Å². The number of fused-ring (bicyclic) bond motifs is 2. The molecule has 0 fully saturated rings. The van der Waals surface area contributed by atoms with E-state index in [-0.39, 0.29) is 0 Å². The molecule has 3 rings (SSSR count). The zero-order valence-corrected chi connectivity index (χ0v) is 27.6. The molecule has 0 saturated heterocycles. The van der Waals surface area contributed by atoms with Crippen LogP contribution in [0.2, 0.25) is 0 Å². The Morgan fingerprint density at radius 2 is 0.786 bits per heavy atom. The first-order valence-electron chi connectivity index (χ1n) is 18.0. The fraction of sp³-hybridized carbons (Fsp3) is 0.650. The van der Waals surface area contributed by atoms with Crippen molar-refractivity contribution in [3.63, 3.8) is 0 Å². The third-order valence-electron chi connectivity index (χ3n) is 8.89. The predicted molar refractivity (Wildman–Crippen MR) is 186 cm³/mol. The maximum atomic E-state index is 6.61. The van der Waals surface area contributed by atoms with Crippen LogP contribution in [-0.4, -0.2) is 13.2 Å². The molecule has 0 aromatic heterocycles. The lowest BCUT2D eigenvalue weighted by atomic mass is 9.98. The minimum atomic E-state index is 0.782. The van der Waals surface area contributed by atoms with Crippen LogP contribution in [0.5, 0.6) is 11.5 Å². The van der Waals surface area contributed by atoms with Gasteiger partial charge in [0.2, 0.25) is 0 Å². The van der Waals surface area contributed by atoms with E-state index < -0.39 is 0 Å². The molecule has 0 heterocycles. The highest BCUT2D eigenvalue weighted by atomic mass is 16.5. The molecule has 0 radical (unpaired) electrons. The van der Waals surface area contributed by atoms with E-state index in [1.807, 2.05) is 0 Å². The van der Waals surface area contributed by atoms with Crippen LogP contribution in [0, 0.1) is 0 Å². The number of benzene rings is 3. The molecular weight excluding hydrogens is 512 g/mol. The molecule has 0 atom stereocenters. The van der Waals surface area contributed by atoms with Gasteiger partial charge in [0.1, 0.15) is 11.5 Å². The summed E-state index contributed by atoms with van der Waals surface area (Å²) in [6.07, 6.45) is 27.8. The lowest BCUT2D eigenvalue weighted by Gasteiger charge is -2.18. The summed E-state index contributed by atoms with van der Waals surface area (Å²) in [6, 6.07) is 15.6. The second kappa shape index (κ2) is 21.5. The second-order valence-corrected chi connectivity index (χ2v) is 12.5. The molecule has 0 aliphatic rings. The van der Waals surface area contributed by atoms with Crippen molar-refractivity contribution in [3.8, 4) is 11.5 Å². The van der Waals surface area contributed by atoms with Crippen LogP contribution in [-0.2, 0) is 6.42 Å². The molecule has 42 heavy (non-hydrogen) atoms. The fourth-order valence-electron chi connectivity index (χ4n) is 6.20. The van der Waals surface area contributed by atoms with Gasteiger partial charge in [0, 0.05) is 21.5 Å². The molecule has 3 aromatic carbocycles. The average molecular weight is 575 g/mol. The van der Waals surface area contributed by atoms with E-state index >= 15 is 0 Å². The van der Waals surface area contributed by atoms with Crippen molar-refractivity contribution in [2.75, 3.05) is 13.2 Å². The minimum absolute atomic E-state index is 0.782. The molecule has 0 unspecified atom stereocenters. The number of unbranched alkanes of at least 4 members (excludes halogenated alkanes) is 18. The highest BCUT2D eigenvalue weighted by Crippen LogP contribution is 2.43. The molecule has 234 valence electrons. The lowest BCUT2D eigenvalue weighted by molar-refractivity contribution is 0.306. The highest BCUT2D eigenvalue weighted by Gasteiger charge is 2.16. The van der Waals surface area contributed by atoms with Gasteiger partial charge in [-0.05, 0) is 30.9 Å². The number of aryl methyl sites for hydroxylation is 1. The summed E-state index contributed by atoms with van der Waals surface area (Å²) in [6.45, 7) is 8.38.